The molecule has 1 fully saturated rings. The molecule has 0 unspecified atom stereocenters. The quantitative estimate of drug-likeness (QED) is 0.418. The number of morpholine rings is 1. The van der Waals surface area contributed by atoms with Gasteiger partial charge in [0.25, 0.3) is 5.91 Å². The van der Waals surface area contributed by atoms with Gasteiger partial charge in [0.15, 0.2) is 0 Å². The van der Waals surface area contributed by atoms with Crippen LogP contribution in [0, 0.1) is 0 Å². The van der Waals surface area contributed by atoms with Crippen LogP contribution in [-0.4, -0.2) is 49.9 Å². The van der Waals surface area contributed by atoms with Crippen molar-refractivity contribution in [2.24, 2.45) is 5.10 Å². The Labute approximate surface area is 191 Å². The molecule has 2 aromatic carbocycles. The molecule has 9 heteroatoms. The van der Waals surface area contributed by atoms with Gasteiger partial charge in [0.2, 0.25) is 0 Å². The molecule has 1 saturated heterocycles. The molecule has 0 radical (unpaired) electrons. The minimum absolute atomic E-state index is 0.152. The van der Waals surface area contributed by atoms with Crippen molar-refractivity contribution >= 4 is 55.6 Å². The Bertz CT molecular complexity index is 866. The monoisotopic (exact) mass is 543 g/mol. The van der Waals surface area contributed by atoms with Crippen LogP contribution in [0.2, 0.25) is 5.02 Å². The second kappa shape index (κ2) is 11.1. The summed E-state index contributed by atoms with van der Waals surface area (Å²) in [6, 6.07) is 11.3. The standard InChI is InChI=1S/C20H20Br2ClN3O3/c21-16-9-14(11-24-25-19(27)12-26-5-7-28-8-6-26)10-17(22)20(16)29-13-15-3-1-2-4-18(15)23/h1-4,9-11H,5-8,12-13H2,(H,25,27)/b24-11+. The highest BCUT2D eigenvalue weighted by Gasteiger charge is 2.14. The number of halogens is 3. The van der Waals surface area contributed by atoms with E-state index in [1.165, 1.54) is 0 Å². The number of nitrogens with one attached hydrogen (secondary N) is 1. The van der Waals surface area contributed by atoms with Gasteiger partial charge in [0.1, 0.15) is 12.4 Å². The third kappa shape index (κ3) is 6.79. The van der Waals surface area contributed by atoms with Crippen molar-refractivity contribution in [1.29, 1.82) is 0 Å². The zero-order valence-corrected chi connectivity index (χ0v) is 19.5. The number of nitrogens with zero attached hydrogens (tertiary/aromatic N) is 2. The topological polar surface area (TPSA) is 63.2 Å². The lowest BCUT2D eigenvalue weighted by atomic mass is 10.2. The number of hydrogen-bond donors (Lipinski definition) is 1. The molecule has 1 amide bonds. The summed E-state index contributed by atoms with van der Waals surface area (Å²) >= 11 is 13.2. The molecule has 0 spiro atoms. The Morgan fingerprint density at radius 3 is 2.62 bits per heavy atom. The van der Waals surface area contributed by atoms with Crippen LogP contribution in [0.4, 0.5) is 0 Å². The fourth-order valence-corrected chi connectivity index (χ4v) is 4.37. The van der Waals surface area contributed by atoms with Gasteiger partial charge in [-0.1, -0.05) is 29.8 Å². The number of hydrazone groups is 1. The maximum Gasteiger partial charge on any atom is 0.254 e. The maximum absolute atomic E-state index is 12.0. The highest BCUT2D eigenvalue weighted by molar-refractivity contribution is 9.11. The Hall–Kier alpha value is -1.45. The molecule has 1 aliphatic heterocycles. The van der Waals surface area contributed by atoms with Crippen LogP contribution in [0.1, 0.15) is 11.1 Å². The normalized spacial score (nSPS) is 14.9. The zero-order valence-electron chi connectivity index (χ0n) is 15.5. The molecule has 1 heterocycles. The smallest absolute Gasteiger partial charge is 0.254 e. The minimum atomic E-state index is -0.152. The summed E-state index contributed by atoms with van der Waals surface area (Å²) in [6.45, 7) is 3.48. The van der Waals surface area contributed by atoms with E-state index < -0.39 is 0 Å². The van der Waals surface area contributed by atoms with Crippen LogP contribution in [0.3, 0.4) is 0 Å². The van der Waals surface area contributed by atoms with Crippen LogP contribution in [0.25, 0.3) is 0 Å². The summed E-state index contributed by atoms with van der Waals surface area (Å²) < 4.78 is 12.7. The van der Waals surface area contributed by atoms with Crippen molar-refractivity contribution in [3.05, 3.63) is 61.5 Å². The number of carbonyl (C=O) groups is 1. The summed E-state index contributed by atoms with van der Waals surface area (Å²) in [7, 11) is 0. The molecule has 2 aromatic rings. The van der Waals surface area contributed by atoms with E-state index in [1.54, 1.807) is 6.21 Å². The van der Waals surface area contributed by atoms with Gasteiger partial charge in [-0.2, -0.15) is 5.10 Å². The summed E-state index contributed by atoms with van der Waals surface area (Å²) in [5.74, 6) is 0.513. The number of rotatable bonds is 7. The maximum atomic E-state index is 12.0. The van der Waals surface area contributed by atoms with Crippen LogP contribution in [0.5, 0.6) is 5.75 Å². The Morgan fingerprint density at radius 1 is 1.24 bits per heavy atom. The molecule has 0 atom stereocenters. The molecular formula is C20H20Br2ClN3O3. The first-order valence-corrected chi connectivity index (χ1v) is 11.0. The molecule has 0 bridgehead atoms. The van der Waals surface area contributed by atoms with Gasteiger partial charge in [0.05, 0.1) is 34.9 Å². The van der Waals surface area contributed by atoms with Crippen molar-refractivity contribution in [2.45, 2.75) is 6.61 Å². The van der Waals surface area contributed by atoms with Crippen LogP contribution in [0.15, 0.2) is 50.4 Å². The fourth-order valence-electron chi connectivity index (χ4n) is 2.73. The van der Waals surface area contributed by atoms with Gasteiger partial charge < -0.3 is 9.47 Å². The van der Waals surface area contributed by atoms with Crippen molar-refractivity contribution in [3.63, 3.8) is 0 Å². The predicted octanol–water partition coefficient (Wildman–Crippen LogP) is 4.23. The lowest BCUT2D eigenvalue weighted by Crippen LogP contribution is -2.42. The van der Waals surface area contributed by atoms with E-state index in [0.717, 1.165) is 33.2 Å². The van der Waals surface area contributed by atoms with Crippen molar-refractivity contribution < 1.29 is 14.3 Å². The van der Waals surface area contributed by atoms with E-state index in [9.17, 15) is 4.79 Å². The number of ether oxygens (including phenoxy) is 2. The molecule has 3 rings (SSSR count). The van der Waals surface area contributed by atoms with E-state index in [1.807, 2.05) is 41.3 Å². The average molecular weight is 546 g/mol. The first-order valence-electron chi connectivity index (χ1n) is 9.00. The third-order valence-corrected chi connectivity index (χ3v) is 5.77. The summed E-state index contributed by atoms with van der Waals surface area (Å²) in [5, 5.41) is 4.70. The van der Waals surface area contributed by atoms with E-state index in [2.05, 4.69) is 42.4 Å². The minimum Gasteiger partial charge on any atom is -0.486 e. The van der Waals surface area contributed by atoms with Gasteiger partial charge in [-0.05, 0) is 55.6 Å². The molecule has 29 heavy (non-hydrogen) atoms. The molecular weight excluding hydrogens is 525 g/mol. The van der Waals surface area contributed by atoms with E-state index in [4.69, 9.17) is 21.1 Å². The number of hydrogen-bond acceptors (Lipinski definition) is 5. The van der Waals surface area contributed by atoms with Gasteiger partial charge in [-0.25, -0.2) is 5.43 Å². The highest BCUT2D eigenvalue weighted by atomic mass is 79.9. The van der Waals surface area contributed by atoms with Crippen LogP contribution < -0.4 is 10.2 Å². The van der Waals surface area contributed by atoms with Crippen molar-refractivity contribution in [3.8, 4) is 5.75 Å². The Morgan fingerprint density at radius 2 is 1.93 bits per heavy atom. The zero-order chi connectivity index (χ0) is 20.6. The van der Waals surface area contributed by atoms with Crippen LogP contribution in [-0.2, 0) is 16.1 Å². The van der Waals surface area contributed by atoms with Crippen molar-refractivity contribution in [2.75, 3.05) is 32.8 Å². The van der Waals surface area contributed by atoms with Gasteiger partial charge in [-0.15, -0.1) is 0 Å². The third-order valence-electron chi connectivity index (χ3n) is 4.22. The lowest BCUT2D eigenvalue weighted by Gasteiger charge is -2.25. The molecule has 0 aromatic heterocycles. The number of benzene rings is 2. The van der Waals surface area contributed by atoms with E-state index in [-0.39, 0.29) is 5.91 Å². The van der Waals surface area contributed by atoms with Gasteiger partial charge in [0, 0.05) is 23.7 Å². The van der Waals surface area contributed by atoms with E-state index in [0.29, 0.717) is 37.1 Å². The molecule has 6 nitrogen and oxygen atoms in total. The lowest BCUT2D eigenvalue weighted by molar-refractivity contribution is -0.123. The molecule has 0 saturated carbocycles. The van der Waals surface area contributed by atoms with Crippen molar-refractivity contribution in [1.82, 2.24) is 10.3 Å². The molecule has 154 valence electrons. The fraction of sp³-hybridized carbons (Fsp3) is 0.300. The second-order valence-corrected chi connectivity index (χ2v) is 8.49. The highest BCUT2D eigenvalue weighted by Crippen LogP contribution is 2.35. The molecule has 1 aliphatic rings. The molecule has 0 aliphatic carbocycles. The first kappa shape index (κ1) is 22.2. The summed E-state index contributed by atoms with van der Waals surface area (Å²) in [4.78, 5) is 14.0. The summed E-state index contributed by atoms with van der Waals surface area (Å²) in [5.41, 5.74) is 4.27. The van der Waals surface area contributed by atoms with Gasteiger partial charge >= 0.3 is 0 Å². The SMILES string of the molecule is O=C(CN1CCOCC1)N/N=C/c1cc(Br)c(OCc2ccccc2Cl)c(Br)c1. The Balaban J connectivity index is 1.56. The molecule has 1 N–H and O–H groups in total. The number of carbonyl (C=O) groups excluding carboxylic acids is 1. The average Bonchev–Trinajstić information content (AvgIpc) is 2.69. The van der Waals surface area contributed by atoms with E-state index >= 15 is 0 Å². The summed E-state index contributed by atoms with van der Waals surface area (Å²) in [6.07, 6.45) is 1.59. The van der Waals surface area contributed by atoms with Crippen LogP contribution >= 0.6 is 43.5 Å². The first-order chi connectivity index (χ1) is 14.0. The second-order valence-electron chi connectivity index (χ2n) is 6.38. The predicted molar refractivity (Wildman–Crippen MR) is 121 cm³/mol. The van der Waals surface area contributed by atoms with Gasteiger partial charge in [-0.3, -0.25) is 9.69 Å². The largest absolute Gasteiger partial charge is 0.486 e. The number of amides is 1. The Kier molecular flexibility index (Phi) is 8.50.